The van der Waals surface area contributed by atoms with E-state index >= 15 is 0 Å². The first kappa shape index (κ1) is 13.4. The van der Waals surface area contributed by atoms with Crippen molar-refractivity contribution < 1.29 is 9.53 Å². The first-order valence-electron chi connectivity index (χ1n) is 7.87. The molecule has 2 aromatic rings. The van der Waals surface area contributed by atoms with Gasteiger partial charge in [-0.2, -0.15) is 0 Å². The first-order chi connectivity index (χ1) is 10.8. The molecule has 1 aliphatic heterocycles. The number of carbonyl (C=O) groups excluding carboxylic acids is 1. The molecule has 0 unspecified atom stereocenters. The van der Waals surface area contributed by atoms with E-state index in [1.165, 1.54) is 5.56 Å². The van der Waals surface area contributed by atoms with Crippen molar-refractivity contribution in [3.8, 4) is 5.75 Å². The van der Waals surface area contributed by atoms with Crippen LogP contribution in [0, 0.1) is 5.92 Å². The van der Waals surface area contributed by atoms with Gasteiger partial charge < -0.3 is 9.64 Å². The van der Waals surface area contributed by atoms with Crippen LogP contribution in [0.25, 0.3) is 0 Å². The molecular formula is C19H19NO2. The highest BCUT2D eigenvalue weighted by Crippen LogP contribution is 2.48. The molecule has 1 heterocycles. The molecule has 112 valence electrons. The van der Waals surface area contributed by atoms with Crippen molar-refractivity contribution in [2.75, 3.05) is 13.1 Å². The van der Waals surface area contributed by atoms with Gasteiger partial charge in [0.2, 0.25) is 5.91 Å². The summed E-state index contributed by atoms with van der Waals surface area (Å²) in [5.74, 6) is 1.78. The lowest BCUT2D eigenvalue weighted by Crippen LogP contribution is -2.56. The van der Waals surface area contributed by atoms with Crippen molar-refractivity contribution in [2.45, 2.75) is 18.4 Å². The molecule has 2 atom stereocenters. The summed E-state index contributed by atoms with van der Waals surface area (Å²) in [6.45, 7) is 1.43. The molecule has 0 aromatic heterocycles. The Kier molecular flexibility index (Phi) is 3.34. The van der Waals surface area contributed by atoms with E-state index in [1.54, 1.807) is 0 Å². The summed E-state index contributed by atoms with van der Waals surface area (Å²) >= 11 is 0. The van der Waals surface area contributed by atoms with Gasteiger partial charge in [-0.15, -0.1) is 0 Å². The van der Waals surface area contributed by atoms with Gasteiger partial charge in [-0.1, -0.05) is 48.5 Å². The molecule has 2 fully saturated rings. The summed E-state index contributed by atoms with van der Waals surface area (Å²) in [5.41, 5.74) is 1.29. The summed E-state index contributed by atoms with van der Waals surface area (Å²) in [6.07, 6.45) is 1.13. The Morgan fingerprint density at radius 2 is 1.59 bits per heavy atom. The van der Waals surface area contributed by atoms with Crippen molar-refractivity contribution in [3.05, 3.63) is 66.2 Å². The molecule has 22 heavy (non-hydrogen) atoms. The summed E-state index contributed by atoms with van der Waals surface area (Å²) in [4.78, 5) is 14.4. The fraction of sp³-hybridized carbons (Fsp3) is 0.316. The van der Waals surface area contributed by atoms with E-state index in [4.69, 9.17) is 4.74 Å². The Hall–Kier alpha value is -2.29. The number of hydrogen-bond donors (Lipinski definition) is 0. The SMILES string of the molecule is O=C([C@H]1C[C@@H]1c1ccccc1)N1CC(Oc2ccccc2)C1. The quantitative estimate of drug-likeness (QED) is 0.867. The van der Waals surface area contributed by atoms with Gasteiger partial charge >= 0.3 is 0 Å². The van der Waals surface area contributed by atoms with E-state index < -0.39 is 0 Å². The third kappa shape index (κ3) is 2.59. The fourth-order valence-electron chi connectivity index (χ4n) is 3.16. The number of amides is 1. The summed E-state index contributed by atoms with van der Waals surface area (Å²) in [5, 5.41) is 0. The van der Waals surface area contributed by atoms with Crippen LogP contribution >= 0.6 is 0 Å². The van der Waals surface area contributed by atoms with Gasteiger partial charge in [0, 0.05) is 5.92 Å². The highest BCUT2D eigenvalue weighted by Gasteiger charge is 2.48. The number of para-hydroxylation sites is 1. The number of carbonyl (C=O) groups is 1. The standard InChI is InChI=1S/C19H19NO2/c21-19(18-11-17(18)14-7-3-1-4-8-14)20-12-16(13-20)22-15-9-5-2-6-10-15/h1-10,16-18H,11-13H2/t17-,18+/m1/s1. The molecule has 2 aromatic carbocycles. The average Bonchev–Trinajstić information content (AvgIpc) is 3.32. The maximum absolute atomic E-state index is 12.4. The summed E-state index contributed by atoms with van der Waals surface area (Å²) < 4.78 is 5.85. The molecule has 3 heteroatoms. The molecule has 1 saturated carbocycles. The van der Waals surface area contributed by atoms with Gasteiger partial charge in [-0.25, -0.2) is 0 Å². The molecule has 0 spiro atoms. The predicted octanol–water partition coefficient (Wildman–Crippen LogP) is 3.08. The summed E-state index contributed by atoms with van der Waals surface area (Å²) in [7, 11) is 0. The molecule has 1 amide bonds. The van der Waals surface area contributed by atoms with Gasteiger partial charge in [0.25, 0.3) is 0 Å². The van der Waals surface area contributed by atoms with E-state index in [0.29, 0.717) is 24.9 Å². The minimum Gasteiger partial charge on any atom is -0.487 e. The zero-order valence-corrected chi connectivity index (χ0v) is 12.4. The lowest BCUT2D eigenvalue weighted by molar-refractivity contribution is -0.141. The zero-order chi connectivity index (χ0) is 14.9. The van der Waals surface area contributed by atoms with Crippen molar-refractivity contribution in [3.63, 3.8) is 0 Å². The van der Waals surface area contributed by atoms with Gasteiger partial charge in [0.1, 0.15) is 11.9 Å². The van der Waals surface area contributed by atoms with Crippen LogP contribution in [0.1, 0.15) is 17.9 Å². The lowest BCUT2D eigenvalue weighted by atomic mass is 10.1. The molecule has 2 aliphatic rings. The molecule has 0 bridgehead atoms. The Bertz CT molecular complexity index is 650. The Morgan fingerprint density at radius 1 is 0.955 bits per heavy atom. The van der Waals surface area contributed by atoms with Crippen LogP contribution in [-0.2, 0) is 4.79 Å². The largest absolute Gasteiger partial charge is 0.487 e. The van der Waals surface area contributed by atoms with Crippen LogP contribution in [0.15, 0.2) is 60.7 Å². The van der Waals surface area contributed by atoms with Crippen molar-refractivity contribution in [2.24, 2.45) is 5.92 Å². The highest BCUT2D eigenvalue weighted by molar-refractivity contribution is 5.83. The van der Waals surface area contributed by atoms with Gasteiger partial charge in [-0.3, -0.25) is 4.79 Å². The zero-order valence-electron chi connectivity index (χ0n) is 12.4. The van der Waals surface area contributed by atoms with E-state index in [0.717, 1.165) is 12.2 Å². The highest BCUT2D eigenvalue weighted by atomic mass is 16.5. The molecule has 4 rings (SSSR count). The predicted molar refractivity (Wildman–Crippen MR) is 84.7 cm³/mol. The third-order valence-electron chi connectivity index (χ3n) is 4.54. The smallest absolute Gasteiger partial charge is 0.226 e. The molecule has 1 aliphatic carbocycles. The second-order valence-corrected chi connectivity index (χ2v) is 6.16. The molecular weight excluding hydrogens is 274 g/mol. The number of hydrogen-bond acceptors (Lipinski definition) is 2. The average molecular weight is 293 g/mol. The van der Waals surface area contributed by atoms with Crippen LogP contribution in [0.2, 0.25) is 0 Å². The lowest BCUT2D eigenvalue weighted by Gasteiger charge is -2.39. The second-order valence-electron chi connectivity index (χ2n) is 6.16. The number of likely N-dealkylation sites (tertiary alicyclic amines) is 1. The van der Waals surface area contributed by atoms with Crippen molar-refractivity contribution >= 4 is 5.91 Å². The third-order valence-corrected chi connectivity index (χ3v) is 4.54. The minimum absolute atomic E-state index is 0.139. The Labute approximate surface area is 130 Å². The molecule has 0 radical (unpaired) electrons. The maximum Gasteiger partial charge on any atom is 0.226 e. The van der Waals surface area contributed by atoms with Gasteiger partial charge in [0.05, 0.1) is 13.1 Å². The minimum atomic E-state index is 0.139. The molecule has 1 saturated heterocycles. The van der Waals surface area contributed by atoms with E-state index in [1.807, 2.05) is 53.4 Å². The molecule has 0 N–H and O–H groups in total. The molecule has 3 nitrogen and oxygen atoms in total. The van der Waals surface area contributed by atoms with Crippen LogP contribution in [-0.4, -0.2) is 30.0 Å². The fourth-order valence-corrected chi connectivity index (χ4v) is 3.16. The van der Waals surface area contributed by atoms with E-state index in [-0.39, 0.29) is 12.0 Å². The monoisotopic (exact) mass is 293 g/mol. The van der Waals surface area contributed by atoms with Gasteiger partial charge in [0.15, 0.2) is 0 Å². The number of nitrogens with zero attached hydrogens (tertiary/aromatic N) is 1. The van der Waals surface area contributed by atoms with E-state index in [9.17, 15) is 4.79 Å². The number of rotatable bonds is 4. The Balaban J connectivity index is 1.28. The number of benzene rings is 2. The normalized spacial score (nSPS) is 23.7. The van der Waals surface area contributed by atoms with Crippen LogP contribution in [0.5, 0.6) is 5.75 Å². The topological polar surface area (TPSA) is 29.5 Å². The number of ether oxygens (including phenoxy) is 1. The maximum atomic E-state index is 12.4. The first-order valence-corrected chi connectivity index (χ1v) is 7.87. The van der Waals surface area contributed by atoms with Crippen LogP contribution in [0.4, 0.5) is 0 Å². The van der Waals surface area contributed by atoms with Gasteiger partial charge in [-0.05, 0) is 30.0 Å². The second kappa shape index (κ2) is 5.48. The van der Waals surface area contributed by atoms with E-state index in [2.05, 4.69) is 12.1 Å². The summed E-state index contributed by atoms with van der Waals surface area (Å²) in [6, 6.07) is 20.2. The van der Waals surface area contributed by atoms with Crippen molar-refractivity contribution in [1.82, 2.24) is 4.90 Å². The Morgan fingerprint density at radius 3 is 2.27 bits per heavy atom. The van der Waals surface area contributed by atoms with Crippen LogP contribution < -0.4 is 4.74 Å². The van der Waals surface area contributed by atoms with Crippen molar-refractivity contribution in [1.29, 1.82) is 0 Å². The van der Waals surface area contributed by atoms with Crippen LogP contribution in [0.3, 0.4) is 0 Å².